The average Bonchev–Trinajstić information content (AvgIpc) is 3.66. The van der Waals surface area contributed by atoms with Gasteiger partial charge in [-0.2, -0.15) is 0 Å². The van der Waals surface area contributed by atoms with E-state index in [9.17, 15) is 5.48 Å². The van der Waals surface area contributed by atoms with Crippen molar-refractivity contribution < 1.29 is 5.48 Å². The summed E-state index contributed by atoms with van der Waals surface area (Å²) in [5.74, 6) is 0. The molecule has 0 saturated heterocycles. The number of nitrogens with zero attached hydrogens (tertiary/aromatic N) is 1. The van der Waals surface area contributed by atoms with E-state index >= 15 is 0 Å². The van der Waals surface area contributed by atoms with Crippen molar-refractivity contribution in [3.8, 4) is 0 Å². The largest absolute Gasteiger partial charge is 0.317 e. The van der Waals surface area contributed by atoms with Crippen LogP contribution in [-0.4, -0.2) is 0 Å². The maximum Gasteiger partial charge on any atom is 0.0714 e. The molecule has 0 atom stereocenters. The molecule has 0 saturated carbocycles. The van der Waals surface area contributed by atoms with E-state index in [0.29, 0.717) is 22.4 Å². The van der Waals surface area contributed by atoms with Gasteiger partial charge in [0.2, 0.25) is 0 Å². The highest BCUT2D eigenvalue weighted by Gasteiger charge is 2.46. The summed E-state index contributed by atoms with van der Waals surface area (Å²) >= 11 is 0. The number of hydrogen-bond donors (Lipinski definition) is 0. The van der Waals surface area contributed by atoms with E-state index < -0.39 is 5.41 Å². The van der Waals surface area contributed by atoms with Gasteiger partial charge in [0.05, 0.1) is 10.9 Å². The van der Waals surface area contributed by atoms with Gasteiger partial charge in [-0.05, 0) is 119 Å². The van der Waals surface area contributed by atoms with Crippen molar-refractivity contribution in [1.29, 1.82) is 0 Å². The summed E-state index contributed by atoms with van der Waals surface area (Å²) in [6.45, 7) is 24.5. The SMILES string of the molecule is [2H]c1c([2H])c(N(/C=C/C2=C(C=C)c3ccccc3C2(c2ccccc2)c2ccccc2)C(/C=C/c2cc3ccccc3c3ccccc23)=C/C=C)c([2H])c([2H])c1C(=C)/C=C\C(=C)C(=C)/C=C\C=C. The van der Waals surface area contributed by atoms with Crippen molar-refractivity contribution in [1.82, 2.24) is 0 Å². The molecule has 1 nitrogen and oxygen atoms in total. The second kappa shape index (κ2) is 19.2. The second-order valence-electron chi connectivity index (χ2n) is 15.4. The van der Waals surface area contributed by atoms with Crippen LogP contribution in [0, 0.1) is 0 Å². The van der Waals surface area contributed by atoms with Gasteiger partial charge in [-0.1, -0.05) is 234 Å². The molecule has 7 aromatic rings. The molecule has 0 spiro atoms. The van der Waals surface area contributed by atoms with E-state index in [-0.39, 0.29) is 35.4 Å². The van der Waals surface area contributed by atoms with Crippen molar-refractivity contribution in [3.05, 3.63) is 326 Å². The Labute approximate surface area is 384 Å². The van der Waals surface area contributed by atoms with E-state index in [4.69, 9.17) is 0 Å². The van der Waals surface area contributed by atoms with Crippen molar-refractivity contribution in [3.63, 3.8) is 0 Å². The van der Waals surface area contributed by atoms with Crippen molar-refractivity contribution in [2.45, 2.75) is 5.41 Å². The molecule has 1 aliphatic carbocycles. The Balaban J connectivity index is 1.36. The van der Waals surface area contributed by atoms with Crippen LogP contribution in [0.15, 0.2) is 293 Å². The zero-order chi connectivity index (χ0) is 48.0. The maximum absolute atomic E-state index is 9.71. The molecule has 0 aliphatic heterocycles. The van der Waals surface area contributed by atoms with Crippen LogP contribution in [-0.2, 0) is 5.41 Å². The van der Waals surface area contributed by atoms with Gasteiger partial charge in [0.15, 0.2) is 0 Å². The molecule has 1 heteroatoms. The lowest BCUT2D eigenvalue weighted by molar-refractivity contribution is 0.761. The summed E-state index contributed by atoms with van der Waals surface area (Å²) in [6, 6.07) is 47.0. The Morgan fingerprint density at radius 3 is 1.86 bits per heavy atom. The lowest BCUT2D eigenvalue weighted by atomic mass is 9.67. The molecule has 64 heavy (non-hydrogen) atoms. The monoisotopic (exact) mass is 825 g/mol. The number of hydrogen-bond acceptors (Lipinski definition) is 1. The normalized spacial score (nSPS) is 14.5. The second-order valence-corrected chi connectivity index (χ2v) is 15.4. The number of allylic oxidation sites excluding steroid dienone is 15. The fourth-order valence-electron chi connectivity index (χ4n) is 8.58. The van der Waals surface area contributed by atoms with E-state index in [1.807, 2.05) is 79.0 Å². The zero-order valence-electron chi connectivity index (χ0n) is 39.9. The predicted molar refractivity (Wildman–Crippen MR) is 279 cm³/mol. The van der Waals surface area contributed by atoms with Crippen LogP contribution in [0.2, 0.25) is 0 Å². The van der Waals surface area contributed by atoms with Gasteiger partial charge in [0.25, 0.3) is 0 Å². The summed E-state index contributed by atoms with van der Waals surface area (Å²) in [5, 5.41) is 4.41. The minimum absolute atomic E-state index is 0.0477. The van der Waals surface area contributed by atoms with E-state index in [1.165, 1.54) is 0 Å². The highest BCUT2D eigenvalue weighted by Crippen LogP contribution is 2.55. The van der Waals surface area contributed by atoms with E-state index in [2.05, 4.69) is 137 Å². The molecule has 0 heterocycles. The van der Waals surface area contributed by atoms with Gasteiger partial charge in [0.1, 0.15) is 0 Å². The first kappa shape index (κ1) is 37.5. The van der Waals surface area contributed by atoms with Gasteiger partial charge < -0.3 is 4.90 Å². The van der Waals surface area contributed by atoms with Crippen LogP contribution < -0.4 is 4.90 Å². The highest BCUT2D eigenvalue weighted by atomic mass is 15.1. The Bertz CT molecular complexity index is 3310. The molecule has 308 valence electrons. The first-order valence-corrected chi connectivity index (χ1v) is 21.2. The number of anilines is 1. The smallest absolute Gasteiger partial charge is 0.0714 e. The fourth-order valence-corrected chi connectivity index (χ4v) is 8.58. The van der Waals surface area contributed by atoms with Crippen LogP contribution in [0.5, 0.6) is 0 Å². The lowest BCUT2D eigenvalue weighted by Gasteiger charge is -2.35. The highest BCUT2D eigenvalue weighted by molar-refractivity contribution is 6.10. The van der Waals surface area contributed by atoms with Crippen molar-refractivity contribution >= 4 is 44.5 Å². The third-order valence-electron chi connectivity index (χ3n) is 11.6. The van der Waals surface area contributed by atoms with Gasteiger partial charge >= 0.3 is 0 Å². The Kier molecular flexibility index (Phi) is 11.2. The number of benzene rings is 7. The third kappa shape index (κ3) is 8.23. The van der Waals surface area contributed by atoms with Crippen molar-refractivity contribution in [2.75, 3.05) is 4.90 Å². The minimum atomic E-state index is -0.799. The molecule has 0 unspecified atom stereocenters. The molecule has 8 rings (SSSR count). The molecule has 0 N–H and O–H groups in total. The molecule has 0 amide bonds. The summed E-state index contributed by atoms with van der Waals surface area (Å²) in [4.78, 5) is 1.74. The Hall–Kier alpha value is -8.26. The van der Waals surface area contributed by atoms with Gasteiger partial charge in [-0.25, -0.2) is 0 Å². The number of rotatable bonds is 16. The summed E-state index contributed by atoms with van der Waals surface area (Å²) < 4.78 is 38.3. The third-order valence-corrected chi connectivity index (χ3v) is 11.6. The molecular weight excluding hydrogens is 771 g/mol. The average molecular weight is 826 g/mol. The molecule has 0 fully saturated rings. The first-order valence-electron chi connectivity index (χ1n) is 23.2. The molecule has 7 aromatic carbocycles. The minimum Gasteiger partial charge on any atom is -0.317 e. The van der Waals surface area contributed by atoms with E-state index in [1.54, 1.807) is 41.4 Å². The summed E-state index contributed by atoms with van der Waals surface area (Å²) in [7, 11) is 0. The quantitative estimate of drug-likeness (QED) is 0.0693. The van der Waals surface area contributed by atoms with Crippen LogP contribution in [0.3, 0.4) is 0 Å². The topological polar surface area (TPSA) is 3.24 Å². The Morgan fingerprint density at radius 1 is 0.578 bits per heavy atom. The molecular formula is C63H51N. The fraction of sp³-hybridized carbons (Fsp3) is 0.0159. The van der Waals surface area contributed by atoms with Gasteiger partial charge in [0, 0.05) is 17.6 Å². The maximum atomic E-state index is 9.71. The van der Waals surface area contributed by atoms with Crippen LogP contribution in [0.4, 0.5) is 5.69 Å². The van der Waals surface area contributed by atoms with Crippen LogP contribution in [0.1, 0.15) is 38.9 Å². The molecule has 0 radical (unpaired) electrons. The molecule has 0 bridgehead atoms. The standard InChI is InChI=1S/C63H51N/c1-7-10-24-46(4)47(5)35-36-48(6)49-37-40-55(41-38-49)64(54(23-8-2)42-39-51-45-50-25-17-18-30-57(50)59-32-20-19-31-58(51)59)44-43-62-56(9-3)60-33-21-22-34-61(60)63(62,52-26-13-11-14-27-52)53-28-15-12-16-29-53/h7-45H,1-6H2/b24-10-,36-35-,42-39+,44-43+,54-23+/i37D,38D,40D,41D. The van der Waals surface area contributed by atoms with Gasteiger partial charge in [-0.15, -0.1) is 0 Å². The summed E-state index contributed by atoms with van der Waals surface area (Å²) in [6.07, 6.45) is 21.8. The van der Waals surface area contributed by atoms with Crippen molar-refractivity contribution in [2.24, 2.45) is 0 Å². The molecule has 0 aromatic heterocycles. The lowest BCUT2D eigenvalue weighted by Crippen LogP contribution is -2.29. The first-order chi connectivity index (χ1) is 33.1. The zero-order valence-corrected chi connectivity index (χ0v) is 35.9. The van der Waals surface area contributed by atoms with E-state index in [0.717, 1.165) is 60.5 Å². The van der Waals surface area contributed by atoms with Crippen LogP contribution in [0.25, 0.3) is 38.8 Å². The predicted octanol–water partition coefficient (Wildman–Crippen LogP) is 16.5. The van der Waals surface area contributed by atoms with Gasteiger partial charge in [-0.3, -0.25) is 0 Å². The number of fused-ring (bicyclic) bond motifs is 4. The Morgan fingerprint density at radius 2 is 1.19 bits per heavy atom. The van der Waals surface area contributed by atoms with Crippen LogP contribution >= 0.6 is 0 Å². The molecule has 1 aliphatic rings. The summed E-state index contributed by atoms with van der Waals surface area (Å²) in [5.41, 5.74) is 8.47.